The van der Waals surface area contributed by atoms with E-state index in [9.17, 15) is 5.11 Å². The minimum absolute atomic E-state index is 0.361. The third-order valence-electron chi connectivity index (χ3n) is 1.15. The molecular weight excluding hydrogens is 135 g/mol. The predicted molar refractivity (Wildman–Crippen MR) is 48.4 cm³/mol. The lowest BCUT2D eigenvalue weighted by molar-refractivity contribution is 0.180. The molecule has 1 nitrogen and oxygen atoms in total. The largest absolute Gasteiger partial charge is 0.392 e. The van der Waals surface area contributed by atoms with Crippen molar-refractivity contribution in [2.75, 3.05) is 0 Å². The average Bonchev–Trinajstić information content (AvgIpc) is 1.86. The number of aliphatic hydroxyl groups excluding tert-OH is 1. The van der Waals surface area contributed by atoms with E-state index in [1.54, 1.807) is 0 Å². The molecule has 0 bridgehead atoms. The van der Waals surface area contributed by atoms with E-state index in [2.05, 4.69) is 18.4 Å². The van der Waals surface area contributed by atoms with Crippen LogP contribution in [0.15, 0.2) is 12.2 Å². The van der Waals surface area contributed by atoms with Gasteiger partial charge in [0.1, 0.15) is 0 Å². The summed E-state index contributed by atoms with van der Waals surface area (Å²) in [6, 6.07) is 0. The van der Waals surface area contributed by atoms with Gasteiger partial charge in [0.25, 0.3) is 0 Å². The normalized spacial score (nSPS) is 11.5. The van der Waals surface area contributed by atoms with E-state index >= 15 is 0 Å². The van der Waals surface area contributed by atoms with Crippen LogP contribution in [0.4, 0.5) is 0 Å². The van der Waals surface area contributed by atoms with Crippen molar-refractivity contribution in [3.63, 3.8) is 0 Å². The predicted octanol–water partition coefficient (Wildman–Crippen LogP) is 1.29. The SMILES string of the molecule is [B]CC#CCC(O)CC(=C)C. The molecule has 0 aliphatic heterocycles. The average molecular weight is 148 g/mol. The second-order valence-electron chi connectivity index (χ2n) is 2.58. The summed E-state index contributed by atoms with van der Waals surface area (Å²) in [4.78, 5) is 0. The first kappa shape index (κ1) is 10.3. The highest BCUT2D eigenvalue weighted by atomic mass is 16.3. The Balaban J connectivity index is 3.52. The zero-order valence-corrected chi connectivity index (χ0v) is 6.93. The van der Waals surface area contributed by atoms with Crippen molar-refractivity contribution in [2.45, 2.75) is 32.2 Å². The van der Waals surface area contributed by atoms with Crippen LogP contribution >= 0.6 is 0 Å². The van der Waals surface area contributed by atoms with Crippen LogP contribution in [0.5, 0.6) is 0 Å². The molecule has 0 rings (SSSR count). The highest BCUT2D eigenvalue weighted by Crippen LogP contribution is 2.03. The third-order valence-corrected chi connectivity index (χ3v) is 1.15. The molecule has 0 aliphatic rings. The molecule has 0 amide bonds. The fourth-order valence-electron chi connectivity index (χ4n) is 0.737. The van der Waals surface area contributed by atoms with Gasteiger partial charge in [0.2, 0.25) is 0 Å². The van der Waals surface area contributed by atoms with Gasteiger partial charge in [0.05, 0.1) is 14.0 Å². The molecule has 1 unspecified atom stereocenters. The van der Waals surface area contributed by atoms with Gasteiger partial charge < -0.3 is 5.11 Å². The van der Waals surface area contributed by atoms with E-state index in [1.165, 1.54) is 0 Å². The van der Waals surface area contributed by atoms with E-state index in [-0.39, 0.29) is 6.10 Å². The number of aliphatic hydroxyl groups is 1. The highest BCUT2D eigenvalue weighted by Gasteiger charge is 2.00. The fraction of sp³-hybridized carbons (Fsp3) is 0.556. The molecule has 2 radical (unpaired) electrons. The molecule has 0 aromatic heterocycles. The quantitative estimate of drug-likeness (QED) is 0.363. The Kier molecular flexibility index (Phi) is 5.69. The molecule has 1 N–H and O–H groups in total. The molecule has 0 fully saturated rings. The summed E-state index contributed by atoms with van der Waals surface area (Å²) < 4.78 is 0. The Morgan fingerprint density at radius 1 is 1.64 bits per heavy atom. The summed E-state index contributed by atoms with van der Waals surface area (Å²) in [7, 11) is 5.14. The summed E-state index contributed by atoms with van der Waals surface area (Å²) in [5, 5.41) is 9.24. The number of hydrogen-bond acceptors (Lipinski definition) is 1. The minimum atomic E-state index is -0.383. The van der Waals surface area contributed by atoms with Crippen molar-refractivity contribution in [3.8, 4) is 11.8 Å². The first-order valence-corrected chi connectivity index (χ1v) is 3.65. The van der Waals surface area contributed by atoms with Crippen molar-refractivity contribution >= 4 is 7.85 Å². The second kappa shape index (κ2) is 6.06. The molecule has 1 atom stereocenters. The Hall–Kier alpha value is -0.675. The summed E-state index contributed by atoms with van der Waals surface area (Å²) in [5.41, 5.74) is 0.979. The Morgan fingerprint density at radius 3 is 2.73 bits per heavy atom. The third kappa shape index (κ3) is 7.22. The van der Waals surface area contributed by atoms with Crippen molar-refractivity contribution in [3.05, 3.63) is 12.2 Å². The van der Waals surface area contributed by atoms with Crippen LogP contribution in [0.25, 0.3) is 0 Å². The molecule has 0 spiro atoms. The summed E-state index contributed by atoms with van der Waals surface area (Å²) in [6.07, 6.45) is 1.09. The molecule has 0 aliphatic carbocycles. The van der Waals surface area contributed by atoms with Crippen LogP contribution in [0, 0.1) is 11.8 Å². The molecule has 0 aromatic rings. The van der Waals surface area contributed by atoms with Crippen LogP contribution in [0.2, 0.25) is 6.32 Å². The van der Waals surface area contributed by atoms with Crippen molar-refractivity contribution in [1.82, 2.24) is 0 Å². The maximum atomic E-state index is 9.24. The van der Waals surface area contributed by atoms with Gasteiger partial charge in [-0.05, 0) is 19.7 Å². The smallest absolute Gasteiger partial charge is 0.0827 e. The Labute approximate surface area is 69.9 Å². The lowest BCUT2D eigenvalue weighted by atomic mass is 10.1. The van der Waals surface area contributed by atoms with Gasteiger partial charge in [0, 0.05) is 6.42 Å². The van der Waals surface area contributed by atoms with Crippen LogP contribution < -0.4 is 0 Å². The number of rotatable bonds is 3. The monoisotopic (exact) mass is 148 g/mol. The zero-order chi connectivity index (χ0) is 8.69. The molecule has 0 saturated heterocycles. The molecule has 58 valence electrons. The van der Waals surface area contributed by atoms with Gasteiger partial charge >= 0.3 is 0 Å². The summed E-state index contributed by atoms with van der Waals surface area (Å²) in [6.45, 7) is 5.58. The molecular formula is C9H13BO. The maximum absolute atomic E-state index is 9.24. The zero-order valence-electron chi connectivity index (χ0n) is 6.93. The van der Waals surface area contributed by atoms with E-state index in [0.717, 1.165) is 5.57 Å². The van der Waals surface area contributed by atoms with E-state index < -0.39 is 0 Å². The van der Waals surface area contributed by atoms with Gasteiger partial charge in [0.15, 0.2) is 0 Å². The fourth-order valence-corrected chi connectivity index (χ4v) is 0.737. The van der Waals surface area contributed by atoms with E-state index in [0.29, 0.717) is 19.2 Å². The highest BCUT2D eigenvalue weighted by molar-refractivity contribution is 6.10. The van der Waals surface area contributed by atoms with Crippen LogP contribution in [-0.2, 0) is 0 Å². The minimum Gasteiger partial charge on any atom is -0.392 e. The van der Waals surface area contributed by atoms with Crippen molar-refractivity contribution in [1.29, 1.82) is 0 Å². The van der Waals surface area contributed by atoms with Crippen LogP contribution in [0.1, 0.15) is 19.8 Å². The lowest BCUT2D eigenvalue weighted by Crippen LogP contribution is -2.04. The first-order valence-electron chi connectivity index (χ1n) is 3.65. The van der Waals surface area contributed by atoms with Crippen molar-refractivity contribution in [2.24, 2.45) is 0 Å². The van der Waals surface area contributed by atoms with E-state index in [4.69, 9.17) is 7.85 Å². The number of hydrogen-bond donors (Lipinski definition) is 1. The first-order chi connectivity index (χ1) is 5.16. The Bertz CT molecular complexity index is 176. The molecule has 0 saturated carbocycles. The second-order valence-corrected chi connectivity index (χ2v) is 2.58. The standard InChI is InChI=1S/C9H13BO/c1-8(2)7-9(11)5-3-4-6-10/h9,11H,1,5-7H2,2H3. The van der Waals surface area contributed by atoms with Gasteiger partial charge in [-0.3, -0.25) is 0 Å². The molecule has 0 aromatic carbocycles. The summed E-state index contributed by atoms with van der Waals surface area (Å²) >= 11 is 0. The molecule has 11 heavy (non-hydrogen) atoms. The van der Waals surface area contributed by atoms with Crippen LogP contribution in [-0.4, -0.2) is 19.1 Å². The van der Waals surface area contributed by atoms with Gasteiger partial charge in [-0.1, -0.05) is 5.57 Å². The van der Waals surface area contributed by atoms with Crippen molar-refractivity contribution < 1.29 is 5.11 Å². The maximum Gasteiger partial charge on any atom is 0.0827 e. The van der Waals surface area contributed by atoms with Crippen LogP contribution in [0.3, 0.4) is 0 Å². The topological polar surface area (TPSA) is 20.2 Å². The van der Waals surface area contributed by atoms with Gasteiger partial charge in [-0.15, -0.1) is 18.4 Å². The summed E-state index contributed by atoms with van der Waals surface area (Å²) in [5.74, 6) is 5.46. The van der Waals surface area contributed by atoms with Gasteiger partial charge in [-0.2, -0.15) is 0 Å². The Morgan fingerprint density at radius 2 is 2.27 bits per heavy atom. The van der Waals surface area contributed by atoms with Gasteiger partial charge in [-0.25, -0.2) is 0 Å². The lowest BCUT2D eigenvalue weighted by Gasteiger charge is -2.04. The molecule has 2 heteroatoms. The van der Waals surface area contributed by atoms with E-state index in [1.807, 2.05) is 6.92 Å². The molecule has 0 heterocycles.